The van der Waals surface area contributed by atoms with Gasteiger partial charge in [-0.25, -0.2) is 0 Å². The van der Waals surface area contributed by atoms with Crippen LogP contribution in [0.1, 0.15) is 19.3 Å². The van der Waals surface area contributed by atoms with Crippen LogP contribution >= 0.6 is 0 Å². The van der Waals surface area contributed by atoms with Crippen molar-refractivity contribution in [3.8, 4) is 0 Å². The van der Waals surface area contributed by atoms with Crippen LogP contribution in [0.4, 0.5) is 8.78 Å². The summed E-state index contributed by atoms with van der Waals surface area (Å²) >= 11 is 0. The van der Waals surface area contributed by atoms with Gasteiger partial charge in [0.05, 0.1) is 0 Å². The van der Waals surface area contributed by atoms with Gasteiger partial charge in [0.2, 0.25) is 0 Å². The Hall–Kier alpha value is -2.48. The van der Waals surface area contributed by atoms with Crippen molar-refractivity contribution in [2.24, 2.45) is 0 Å². The monoisotopic (exact) mass is 337 g/mol. The first kappa shape index (κ1) is 16.4. The molecule has 0 atom stereocenters. The van der Waals surface area contributed by atoms with E-state index in [2.05, 4.69) is 0 Å². The molecule has 1 aliphatic rings. The number of carbonyl (C=O) groups excluding carboxylic acids is 2. The van der Waals surface area contributed by atoms with Gasteiger partial charge in [0.15, 0.2) is 0 Å². The number of benzene rings is 1. The predicted molar refractivity (Wildman–Crippen MR) is 82.0 cm³/mol. The molecule has 3 rings (SSSR count). The maximum absolute atomic E-state index is 13.9. The van der Waals surface area contributed by atoms with Crippen LogP contribution in [0.25, 0.3) is 10.9 Å². The van der Waals surface area contributed by atoms with E-state index in [1.54, 1.807) is 16.2 Å². The number of amides is 2. The van der Waals surface area contributed by atoms with Crippen molar-refractivity contribution >= 4 is 22.7 Å². The van der Waals surface area contributed by atoms with Crippen LogP contribution in [-0.4, -0.2) is 33.0 Å². The Morgan fingerprint density at radius 2 is 1.92 bits per heavy atom. The normalized spacial score (nSPS) is 16.5. The summed E-state index contributed by atoms with van der Waals surface area (Å²) in [6.07, 6.45) is 1.84. The van der Waals surface area contributed by atoms with Gasteiger partial charge in [-0.15, -0.1) is 0 Å². The van der Waals surface area contributed by atoms with E-state index in [1.807, 2.05) is 35.8 Å². The van der Waals surface area contributed by atoms with E-state index in [1.165, 1.54) is 0 Å². The van der Waals surface area contributed by atoms with E-state index in [-0.39, 0.29) is 19.4 Å². The second kappa shape index (κ2) is 5.86. The van der Waals surface area contributed by atoms with Gasteiger partial charge in [-0.05, 0) is 36.8 Å². The highest BCUT2D eigenvalue weighted by Gasteiger charge is 2.61. The number of halogens is 2. The molecule has 1 aromatic carbocycles. The topological polar surface area (TPSA) is 83.4 Å². The number of nitrogens with zero attached hydrogens (tertiary/aromatic N) is 1. The molecular formula is C16H17F2N3O3. The van der Waals surface area contributed by atoms with E-state index in [0.29, 0.717) is 6.42 Å². The fourth-order valence-corrected chi connectivity index (χ4v) is 2.71. The standard InChI is InChI=1S/C16H17F2N3O3/c17-16(18,15(24)7-3-8-15)14(23)20-19-13(22)10-21-9-6-11-4-1-2-5-12(11)21/h1-2,4-6,9,24H,3,7-8,10H2,(H,19,22)(H,20,23). The number of aromatic nitrogens is 1. The number of para-hydroxylation sites is 1. The maximum Gasteiger partial charge on any atom is 0.354 e. The SMILES string of the molecule is O=C(Cn1ccc2ccccc21)NNC(=O)C(F)(F)C1(O)CCC1. The Balaban J connectivity index is 1.58. The summed E-state index contributed by atoms with van der Waals surface area (Å²) in [4.78, 5) is 23.4. The molecule has 0 saturated heterocycles. The van der Waals surface area contributed by atoms with Crippen LogP contribution in [0.15, 0.2) is 36.5 Å². The van der Waals surface area contributed by atoms with Crippen molar-refractivity contribution < 1.29 is 23.5 Å². The number of fused-ring (bicyclic) bond motifs is 1. The van der Waals surface area contributed by atoms with Crippen molar-refractivity contribution in [2.45, 2.75) is 37.3 Å². The number of alkyl halides is 2. The number of hydrazine groups is 1. The van der Waals surface area contributed by atoms with Crippen LogP contribution < -0.4 is 10.9 Å². The lowest BCUT2D eigenvalue weighted by molar-refractivity contribution is -0.216. The van der Waals surface area contributed by atoms with Gasteiger partial charge in [-0.3, -0.25) is 20.4 Å². The number of hydrogen-bond acceptors (Lipinski definition) is 3. The average Bonchev–Trinajstić information content (AvgIpc) is 2.93. The Morgan fingerprint density at radius 3 is 2.58 bits per heavy atom. The van der Waals surface area contributed by atoms with Crippen LogP contribution in [0.5, 0.6) is 0 Å². The van der Waals surface area contributed by atoms with Crippen molar-refractivity contribution in [2.75, 3.05) is 0 Å². The predicted octanol–water partition coefficient (Wildman–Crippen LogP) is 1.34. The van der Waals surface area contributed by atoms with Crippen molar-refractivity contribution in [1.29, 1.82) is 0 Å². The molecule has 24 heavy (non-hydrogen) atoms. The highest BCUT2D eigenvalue weighted by atomic mass is 19.3. The smallest absolute Gasteiger partial charge is 0.354 e. The Kier molecular flexibility index (Phi) is 4.00. The van der Waals surface area contributed by atoms with E-state index in [0.717, 1.165) is 10.9 Å². The van der Waals surface area contributed by atoms with Gasteiger partial charge >= 0.3 is 11.8 Å². The molecular weight excluding hydrogens is 320 g/mol. The molecule has 0 spiro atoms. The number of hydrogen-bond donors (Lipinski definition) is 3. The third-order valence-corrected chi connectivity index (χ3v) is 4.36. The van der Waals surface area contributed by atoms with Gasteiger partial charge < -0.3 is 9.67 Å². The quantitative estimate of drug-likeness (QED) is 0.736. The van der Waals surface area contributed by atoms with Crippen molar-refractivity contribution in [1.82, 2.24) is 15.4 Å². The van der Waals surface area contributed by atoms with Crippen LogP contribution in [0, 0.1) is 0 Å². The van der Waals surface area contributed by atoms with E-state index < -0.39 is 23.3 Å². The highest BCUT2D eigenvalue weighted by Crippen LogP contribution is 2.44. The van der Waals surface area contributed by atoms with Gasteiger partial charge in [0.1, 0.15) is 12.1 Å². The van der Waals surface area contributed by atoms with Crippen LogP contribution in [0.3, 0.4) is 0 Å². The molecule has 1 aliphatic carbocycles. The first-order valence-corrected chi connectivity index (χ1v) is 7.57. The molecule has 2 aromatic rings. The first-order chi connectivity index (χ1) is 11.3. The van der Waals surface area contributed by atoms with Crippen molar-refractivity contribution in [3.63, 3.8) is 0 Å². The Morgan fingerprint density at radius 1 is 1.21 bits per heavy atom. The largest absolute Gasteiger partial charge is 0.383 e. The molecule has 0 radical (unpaired) electrons. The summed E-state index contributed by atoms with van der Waals surface area (Å²) in [6.45, 7) is -0.135. The summed E-state index contributed by atoms with van der Waals surface area (Å²) in [7, 11) is 0. The van der Waals surface area contributed by atoms with E-state index in [4.69, 9.17) is 0 Å². The molecule has 3 N–H and O–H groups in total. The summed E-state index contributed by atoms with van der Waals surface area (Å²) in [5.74, 6) is -6.31. The van der Waals surface area contributed by atoms with Gasteiger partial charge in [-0.2, -0.15) is 8.78 Å². The zero-order chi connectivity index (χ0) is 17.4. The number of nitrogens with one attached hydrogen (secondary N) is 2. The second-order valence-electron chi connectivity index (χ2n) is 5.96. The fourth-order valence-electron chi connectivity index (χ4n) is 2.71. The first-order valence-electron chi connectivity index (χ1n) is 7.57. The Labute approximate surface area is 136 Å². The van der Waals surface area contributed by atoms with Gasteiger partial charge in [0.25, 0.3) is 5.91 Å². The van der Waals surface area contributed by atoms with E-state index in [9.17, 15) is 23.5 Å². The maximum atomic E-state index is 13.9. The number of aliphatic hydroxyl groups is 1. The van der Waals surface area contributed by atoms with Crippen LogP contribution in [-0.2, 0) is 16.1 Å². The molecule has 1 saturated carbocycles. The minimum atomic E-state index is -3.95. The molecule has 1 heterocycles. The molecule has 0 aliphatic heterocycles. The number of rotatable bonds is 4. The van der Waals surface area contributed by atoms with Crippen LogP contribution in [0.2, 0.25) is 0 Å². The zero-order valence-corrected chi connectivity index (χ0v) is 12.8. The molecule has 0 unspecified atom stereocenters. The Bertz CT molecular complexity index is 784. The molecule has 128 valence electrons. The summed E-state index contributed by atoms with van der Waals surface area (Å²) in [5, 5.41) is 10.6. The second-order valence-corrected chi connectivity index (χ2v) is 5.96. The fraction of sp³-hybridized carbons (Fsp3) is 0.375. The minimum Gasteiger partial charge on any atom is -0.383 e. The molecule has 8 heteroatoms. The van der Waals surface area contributed by atoms with Gasteiger partial charge in [0, 0.05) is 11.7 Å². The molecule has 0 bridgehead atoms. The molecule has 1 fully saturated rings. The average molecular weight is 337 g/mol. The summed E-state index contributed by atoms with van der Waals surface area (Å²) in [5.41, 5.74) is 2.15. The third kappa shape index (κ3) is 2.73. The zero-order valence-electron chi connectivity index (χ0n) is 12.8. The minimum absolute atomic E-state index is 0.135. The summed E-state index contributed by atoms with van der Waals surface area (Å²) in [6, 6.07) is 9.20. The molecule has 6 nitrogen and oxygen atoms in total. The lowest BCUT2D eigenvalue weighted by Crippen LogP contribution is -2.62. The third-order valence-electron chi connectivity index (χ3n) is 4.36. The summed E-state index contributed by atoms with van der Waals surface area (Å²) < 4.78 is 29.4. The molecule has 1 aromatic heterocycles. The van der Waals surface area contributed by atoms with Crippen molar-refractivity contribution in [3.05, 3.63) is 36.5 Å². The number of carbonyl (C=O) groups is 2. The molecule has 2 amide bonds. The lowest BCUT2D eigenvalue weighted by atomic mass is 9.75. The highest BCUT2D eigenvalue weighted by molar-refractivity contribution is 5.88. The lowest BCUT2D eigenvalue weighted by Gasteiger charge is -2.41. The van der Waals surface area contributed by atoms with Gasteiger partial charge in [-0.1, -0.05) is 18.2 Å². The van der Waals surface area contributed by atoms with E-state index >= 15 is 0 Å².